The van der Waals surface area contributed by atoms with Crippen LogP contribution in [0.5, 0.6) is 0 Å². The topological polar surface area (TPSA) is 39.9 Å². The molecule has 0 aliphatic carbocycles. The van der Waals surface area contributed by atoms with Crippen molar-refractivity contribution in [2.24, 2.45) is 0 Å². The summed E-state index contributed by atoms with van der Waals surface area (Å²) in [5.41, 5.74) is 3.45. The van der Waals surface area contributed by atoms with E-state index in [1.54, 1.807) is 11.9 Å². The number of halogens is 2. The zero-order valence-electron chi connectivity index (χ0n) is 10.6. The zero-order chi connectivity index (χ0) is 14.2. The molecule has 6 heteroatoms. The Balaban J connectivity index is 2.19. The summed E-state index contributed by atoms with van der Waals surface area (Å²) in [6.45, 7) is 0. The van der Waals surface area contributed by atoms with Crippen molar-refractivity contribution in [3.63, 3.8) is 0 Å². The Labute approximate surface area is 133 Å². The van der Waals surface area contributed by atoms with Gasteiger partial charge in [0.2, 0.25) is 3.42 Å². The number of aromatic nitrogens is 3. The molecule has 3 aromatic rings. The summed E-state index contributed by atoms with van der Waals surface area (Å²) in [4.78, 5) is 1.62. The maximum atomic E-state index is 5.42. The van der Waals surface area contributed by atoms with Gasteiger partial charge in [0.1, 0.15) is 11.0 Å². The van der Waals surface area contributed by atoms with Gasteiger partial charge in [0.05, 0.1) is 5.69 Å². The Morgan fingerprint density at radius 2 is 1.50 bits per heavy atom. The van der Waals surface area contributed by atoms with Crippen LogP contribution in [0.2, 0.25) is 0 Å². The lowest BCUT2D eigenvalue weighted by Gasteiger charge is -2.21. The minimum atomic E-state index is -0.767. The lowest BCUT2D eigenvalue weighted by Crippen LogP contribution is -2.16. The van der Waals surface area contributed by atoms with Crippen LogP contribution < -0.4 is 0 Å². The van der Waals surface area contributed by atoms with Crippen molar-refractivity contribution >= 4 is 42.9 Å². The molecule has 102 valence electrons. The fourth-order valence-corrected chi connectivity index (χ4v) is 2.64. The molecule has 0 amide bonds. The first-order valence-electron chi connectivity index (χ1n) is 5.97. The highest BCUT2D eigenvalue weighted by molar-refractivity contribution is 9.24. The van der Waals surface area contributed by atoms with Gasteiger partial charge < -0.3 is 4.74 Å². The van der Waals surface area contributed by atoms with Crippen LogP contribution in [0.15, 0.2) is 48.5 Å². The zero-order valence-corrected chi connectivity index (χ0v) is 13.8. The monoisotopic (exact) mass is 395 g/mol. The molecule has 0 aliphatic heterocycles. The molecular formula is C14H11Br2N3O. The fourth-order valence-electron chi connectivity index (χ4n) is 1.97. The quantitative estimate of drug-likeness (QED) is 0.629. The van der Waals surface area contributed by atoms with Crippen LogP contribution in [0.3, 0.4) is 0 Å². The number of ether oxygens (including phenoxy) is 1. The largest absolute Gasteiger partial charge is 0.353 e. The van der Waals surface area contributed by atoms with Crippen molar-refractivity contribution in [1.82, 2.24) is 15.0 Å². The second-order valence-electron chi connectivity index (χ2n) is 4.22. The van der Waals surface area contributed by atoms with Crippen LogP contribution in [-0.2, 0) is 8.16 Å². The molecule has 1 aromatic heterocycles. The molecule has 1 heterocycles. The molecule has 0 saturated carbocycles. The highest BCUT2D eigenvalue weighted by Gasteiger charge is 2.28. The summed E-state index contributed by atoms with van der Waals surface area (Å²) in [6.07, 6.45) is 0. The predicted octanol–water partition coefficient (Wildman–Crippen LogP) is 3.97. The molecule has 0 bridgehead atoms. The number of methoxy groups -OCH3 is 1. The number of nitrogens with zero attached hydrogens (tertiary/aromatic N) is 3. The number of para-hydroxylation sites is 1. The summed E-state index contributed by atoms with van der Waals surface area (Å²) in [5, 5.41) is 9.00. The van der Waals surface area contributed by atoms with Crippen LogP contribution >= 0.6 is 31.9 Å². The van der Waals surface area contributed by atoms with E-state index in [9.17, 15) is 0 Å². The second-order valence-corrected chi connectivity index (χ2v) is 7.51. The molecule has 0 atom stereocenters. The van der Waals surface area contributed by atoms with Crippen LogP contribution in [0.25, 0.3) is 16.7 Å². The molecule has 4 nitrogen and oxygen atoms in total. The van der Waals surface area contributed by atoms with Crippen molar-refractivity contribution in [3.8, 4) is 5.69 Å². The lowest BCUT2D eigenvalue weighted by atomic mass is 10.2. The number of hydrogen-bond acceptors (Lipinski definition) is 3. The van der Waals surface area contributed by atoms with Gasteiger partial charge in [0.25, 0.3) is 0 Å². The number of rotatable bonds is 3. The lowest BCUT2D eigenvalue weighted by molar-refractivity contribution is 0.158. The minimum absolute atomic E-state index is 0.767. The number of alkyl halides is 2. The van der Waals surface area contributed by atoms with Gasteiger partial charge in [-0.3, -0.25) is 0 Å². The van der Waals surface area contributed by atoms with Gasteiger partial charge in [0, 0.05) is 12.7 Å². The maximum absolute atomic E-state index is 5.42. The summed E-state index contributed by atoms with van der Waals surface area (Å²) in [7, 11) is 1.62. The van der Waals surface area contributed by atoms with E-state index in [4.69, 9.17) is 4.74 Å². The molecule has 0 spiro atoms. The van der Waals surface area contributed by atoms with Crippen molar-refractivity contribution in [1.29, 1.82) is 0 Å². The van der Waals surface area contributed by atoms with Crippen LogP contribution in [0.1, 0.15) is 5.56 Å². The second kappa shape index (κ2) is 5.27. The van der Waals surface area contributed by atoms with Crippen LogP contribution in [0, 0.1) is 0 Å². The summed E-state index contributed by atoms with van der Waals surface area (Å²) in [6, 6.07) is 15.6. The van der Waals surface area contributed by atoms with Crippen molar-refractivity contribution < 1.29 is 4.74 Å². The molecule has 3 rings (SSSR count). The van der Waals surface area contributed by atoms with Crippen LogP contribution in [-0.4, -0.2) is 22.1 Å². The van der Waals surface area contributed by atoms with Gasteiger partial charge in [-0.1, -0.05) is 30.3 Å². The molecule has 20 heavy (non-hydrogen) atoms. The highest BCUT2D eigenvalue weighted by atomic mass is 79.9. The van der Waals surface area contributed by atoms with E-state index in [1.807, 2.05) is 48.5 Å². The smallest absolute Gasteiger partial charge is 0.205 e. The Hall–Kier alpha value is -1.24. The third-order valence-corrected chi connectivity index (χ3v) is 4.48. The third-order valence-electron chi connectivity index (χ3n) is 2.98. The molecule has 2 aromatic carbocycles. The molecule has 0 N–H and O–H groups in total. The highest BCUT2D eigenvalue weighted by Crippen LogP contribution is 2.41. The predicted molar refractivity (Wildman–Crippen MR) is 85.4 cm³/mol. The fraction of sp³-hybridized carbons (Fsp3) is 0.143. The van der Waals surface area contributed by atoms with Crippen molar-refractivity contribution in [3.05, 3.63) is 54.1 Å². The molecule has 0 saturated heterocycles. The van der Waals surface area contributed by atoms with E-state index in [1.165, 1.54) is 0 Å². The van der Waals surface area contributed by atoms with Crippen molar-refractivity contribution in [2.45, 2.75) is 3.42 Å². The third kappa shape index (κ3) is 2.39. The van der Waals surface area contributed by atoms with E-state index in [0.29, 0.717) is 0 Å². The Morgan fingerprint density at radius 1 is 0.950 bits per heavy atom. The molecule has 0 aliphatic rings. The van der Waals surface area contributed by atoms with E-state index < -0.39 is 3.42 Å². The number of fused-ring (bicyclic) bond motifs is 1. The van der Waals surface area contributed by atoms with E-state index in [0.717, 1.165) is 22.3 Å². The Bertz CT molecular complexity index is 722. The Kier molecular flexibility index (Phi) is 3.62. The Morgan fingerprint density at radius 3 is 2.10 bits per heavy atom. The standard InChI is InChI=1S/C14H11Br2N3O/c1-20-14(15,16)10-6-2-5-9-13(10)19-17-11-7-3-4-8-12(11)18-19/h2-9H,1H3. The molecule has 0 unspecified atom stereocenters. The molecule has 0 fully saturated rings. The first-order valence-corrected chi connectivity index (χ1v) is 7.55. The summed E-state index contributed by atoms with van der Waals surface area (Å²) < 4.78 is 4.66. The molecular weight excluding hydrogens is 386 g/mol. The summed E-state index contributed by atoms with van der Waals surface area (Å²) in [5.74, 6) is 0. The van der Waals surface area contributed by atoms with Gasteiger partial charge in [0.15, 0.2) is 0 Å². The first-order chi connectivity index (χ1) is 9.62. The van der Waals surface area contributed by atoms with Crippen LogP contribution in [0.4, 0.5) is 0 Å². The van der Waals surface area contributed by atoms with Gasteiger partial charge in [-0.05, 0) is 50.1 Å². The van der Waals surface area contributed by atoms with Gasteiger partial charge in [-0.2, -0.15) is 0 Å². The minimum Gasteiger partial charge on any atom is -0.353 e. The van der Waals surface area contributed by atoms with Gasteiger partial charge in [-0.15, -0.1) is 15.0 Å². The number of benzene rings is 2. The van der Waals surface area contributed by atoms with Gasteiger partial charge >= 0.3 is 0 Å². The van der Waals surface area contributed by atoms with Crippen molar-refractivity contribution in [2.75, 3.05) is 7.11 Å². The average Bonchev–Trinajstić information content (AvgIpc) is 2.91. The maximum Gasteiger partial charge on any atom is 0.205 e. The normalized spacial score (nSPS) is 11.9. The van der Waals surface area contributed by atoms with E-state index >= 15 is 0 Å². The van der Waals surface area contributed by atoms with E-state index in [2.05, 4.69) is 42.1 Å². The SMILES string of the molecule is COC(Br)(Br)c1ccccc1-n1nc2ccccc2n1. The van der Waals surface area contributed by atoms with Gasteiger partial charge in [-0.25, -0.2) is 0 Å². The van der Waals surface area contributed by atoms with E-state index in [-0.39, 0.29) is 0 Å². The summed E-state index contributed by atoms with van der Waals surface area (Å²) >= 11 is 7.01. The average molecular weight is 397 g/mol. The first kappa shape index (κ1) is 13.7. The molecule has 0 radical (unpaired) electrons. The number of hydrogen-bond donors (Lipinski definition) is 0.